The lowest BCUT2D eigenvalue weighted by Gasteiger charge is -2.30. The third-order valence-corrected chi connectivity index (χ3v) is 7.22. The maximum Gasteiger partial charge on any atom is 0.294 e. The second-order valence-corrected chi connectivity index (χ2v) is 9.86. The van der Waals surface area contributed by atoms with Crippen LogP contribution in [0.4, 0.5) is 5.69 Å². The predicted molar refractivity (Wildman–Crippen MR) is 102 cm³/mol. The molecule has 0 radical (unpaired) electrons. The van der Waals surface area contributed by atoms with Crippen LogP contribution in [0.5, 0.6) is 0 Å². The van der Waals surface area contributed by atoms with Crippen molar-refractivity contribution in [1.29, 1.82) is 0 Å². The largest absolute Gasteiger partial charge is 0.370 e. The number of primary sulfonamides is 1. The van der Waals surface area contributed by atoms with Gasteiger partial charge in [0.1, 0.15) is 11.5 Å². The number of rotatable bonds is 6. The Labute approximate surface area is 167 Å². The van der Waals surface area contributed by atoms with E-state index in [0.29, 0.717) is 22.4 Å². The van der Waals surface area contributed by atoms with E-state index in [4.69, 9.17) is 5.14 Å². The number of aryl methyl sites for hydroxylation is 1. The molecule has 0 amide bonds. The van der Waals surface area contributed by atoms with Crippen LogP contribution in [-0.4, -0.2) is 32.9 Å². The van der Waals surface area contributed by atoms with E-state index >= 15 is 0 Å². The average molecular weight is 442 g/mol. The Morgan fingerprint density at radius 3 is 2.62 bits per heavy atom. The first-order valence-corrected chi connectivity index (χ1v) is 11.2. The molecule has 0 aliphatic carbocycles. The van der Waals surface area contributed by atoms with Crippen LogP contribution in [-0.2, 0) is 38.0 Å². The summed E-state index contributed by atoms with van der Waals surface area (Å²) >= 11 is 0. The van der Waals surface area contributed by atoms with Gasteiger partial charge >= 0.3 is 0 Å². The first-order valence-electron chi connectivity index (χ1n) is 8.25. The minimum absolute atomic E-state index is 0.0281. The van der Waals surface area contributed by atoms with Crippen molar-refractivity contribution in [2.45, 2.75) is 29.9 Å². The monoisotopic (exact) mass is 442 g/mol. The summed E-state index contributed by atoms with van der Waals surface area (Å²) in [6.07, 6.45) is 0. The highest BCUT2D eigenvalue weighted by molar-refractivity contribution is 7.90. The molecule has 29 heavy (non-hydrogen) atoms. The Morgan fingerprint density at radius 1 is 1.28 bits per heavy atom. The summed E-state index contributed by atoms with van der Waals surface area (Å²) in [6.45, 7) is 1.21. The number of nitrogens with one attached hydrogen (secondary N) is 1. The molecular weight excluding hydrogens is 424 g/mol. The molecule has 0 unspecified atom stereocenters. The number of hydrogen-bond donors (Lipinski definition) is 2. The van der Waals surface area contributed by atoms with Gasteiger partial charge in [-0.3, -0.25) is 0 Å². The second-order valence-electron chi connectivity index (χ2n) is 6.43. The third-order valence-electron chi connectivity index (χ3n) is 4.33. The fourth-order valence-corrected chi connectivity index (χ4v) is 5.39. The van der Waals surface area contributed by atoms with Crippen molar-refractivity contribution < 1.29 is 26.8 Å². The topological polar surface area (TPSA) is 162 Å². The Hall–Kier alpha value is -2.74. The molecule has 1 aliphatic heterocycles. The molecule has 1 aliphatic rings. The van der Waals surface area contributed by atoms with Crippen LogP contribution in [0.25, 0.3) is 0 Å². The lowest BCUT2D eigenvalue weighted by molar-refractivity contribution is -0.763. The van der Waals surface area contributed by atoms with Crippen LogP contribution >= 0.6 is 0 Å². The number of anilines is 1. The minimum atomic E-state index is -4.09. The fourth-order valence-electron chi connectivity index (χ4n) is 3.01. The normalized spacial score (nSPS) is 15.9. The number of fused-ring (bicyclic) bond motifs is 1. The van der Waals surface area contributed by atoms with E-state index < -0.39 is 25.1 Å². The SMILES string of the molecule is Cc1cc2c(cc1S(N)(=O)=O)S(=O)(=O)N(Cc1cccc(CO[N+](=O)[O-])c1)CN2. The van der Waals surface area contributed by atoms with Gasteiger partial charge in [0.05, 0.1) is 17.3 Å². The van der Waals surface area contributed by atoms with Crippen molar-refractivity contribution in [2.24, 2.45) is 5.14 Å². The van der Waals surface area contributed by atoms with Crippen LogP contribution in [0.15, 0.2) is 46.2 Å². The maximum atomic E-state index is 13.0. The fraction of sp³-hybridized carbons (Fsp3) is 0.250. The molecule has 2 aromatic carbocycles. The molecule has 3 rings (SSSR count). The quantitative estimate of drug-likeness (QED) is 0.493. The molecule has 0 atom stereocenters. The van der Waals surface area contributed by atoms with E-state index in [9.17, 15) is 26.9 Å². The maximum absolute atomic E-state index is 13.0. The van der Waals surface area contributed by atoms with Crippen molar-refractivity contribution in [1.82, 2.24) is 4.31 Å². The van der Waals surface area contributed by atoms with Gasteiger partial charge in [0.25, 0.3) is 5.09 Å². The zero-order valence-electron chi connectivity index (χ0n) is 15.2. The first kappa shape index (κ1) is 21.0. The summed E-state index contributed by atoms with van der Waals surface area (Å²) in [6, 6.07) is 9.00. The van der Waals surface area contributed by atoms with E-state index in [0.717, 1.165) is 10.4 Å². The molecular formula is C16H18N4O7S2. The van der Waals surface area contributed by atoms with Gasteiger partial charge in [0.2, 0.25) is 20.0 Å². The van der Waals surface area contributed by atoms with Crippen molar-refractivity contribution in [3.8, 4) is 0 Å². The number of nitrogens with zero attached hydrogens (tertiary/aromatic N) is 2. The highest BCUT2D eigenvalue weighted by Gasteiger charge is 2.33. The summed E-state index contributed by atoms with van der Waals surface area (Å²) in [5.41, 5.74) is 1.72. The van der Waals surface area contributed by atoms with Crippen LogP contribution in [0.1, 0.15) is 16.7 Å². The Kier molecular flexibility index (Phi) is 5.49. The Morgan fingerprint density at radius 2 is 1.97 bits per heavy atom. The van der Waals surface area contributed by atoms with Gasteiger partial charge in [-0.25, -0.2) is 22.0 Å². The molecule has 0 aromatic heterocycles. The van der Waals surface area contributed by atoms with E-state index in [1.165, 1.54) is 13.0 Å². The average Bonchev–Trinajstić information content (AvgIpc) is 2.61. The molecule has 0 saturated heterocycles. The van der Waals surface area contributed by atoms with Crippen LogP contribution in [0.2, 0.25) is 0 Å². The Bertz CT molecular complexity index is 1180. The standard InChI is InChI=1S/C16H18N4O7S2/c1-11-5-14-16(7-15(11)28(17,23)24)29(25,26)19(10-18-14)8-12-3-2-4-13(6-12)9-27-20(21)22/h2-7,18H,8-10H2,1H3,(H2,17,23,24). The van der Waals surface area contributed by atoms with Gasteiger partial charge in [-0.2, -0.15) is 4.31 Å². The van der Waals surface area contributed by atoms with E-state index in [2.05, 4.69) is 10.2 Å². The number of hydrogen-bond acceptors (Lipinski definition) is 8. The van der Waals surface area contributed by atoms with E-state index in [-0.39, 0.29) is 29.6 Å². The van der Waals surface area contributed by atoms with Crippen LogP contribution in [0, 0.1) is 17.0 Å². The summed E-state index contributed by atoms with van der Waals surface area (Å²) in [5, 5.41) is 17.6. The number of sulfonamides is 2. The lowest BCUT2D eigenvalue weighted by Crippen LogP contribution is -2.39. The highest BCUT2D eigenvalue weighted by Crippen LogP contribution is 2.33. The van der Waals surface area contributed by atoms with Gasteiger partial charge in [-0.1, -0.05) is 24.3 Å². The van der Waals surface area contributed by atoms with E-state index in [1.54, 1.807) is 24.3 Å². The Balaban J connectivity index is 1.91. The van der Waals surface area contributed by atoms with Crippen molar-refractivity contribution in [2.75, 3.05) is 12.0 Å². The second kappa shape index (κ2) is 7.59. The summed E-state index contributed by atoms with van der Waals surface area (Å²) < 4.78 is 50.7. The van der Waals surface area contributed by atoms with Gasteiger partial charge < -0.3 is 10.2 Å². The molecule has 3 N–H and O–H groups in total. The number of benzene rings is 2. The molecule has 13 heteroatoms. The lowest BCUT2D eigenvalue weighted by atomic mass is 10.1. The van der Waals surface area contributed by atoms with Crippen molar-refractivity contribution >= 4 is 25.7 Å². The first-order chi connectivity index (χ1) is 13.5. The van der Waals surface area contributed by atoms with Crippen molar-refractivity contribution in [3.63, 3.8) is 0 Å². The van der Waals surface area contributed by atoms with Crippen LogP contribution in [0.3, 0.4) is 0 Å². The highest BCUT2D eigenvalue weighted by atomic mass is 32.2. The van der Waals surface area contributed by atoms with Crippen LogP contribution < -0.4 is 10.5 Å². The summed E-state index contributed by atoms with van der Waals surface area (Å²) in [4.78, 5) is 14.2. The summed E-state index contributed by atoms with van der Waals surface area (Å²) in [5.74, 6) is 0. The van der Waals surface area contributed by atoms with E-state index in [1.807, 2.05) is 0 Å². The molecule has 11 nitrogen and oxygen atoms in total. The molecule has 0 fully saturated rings. The molecule has 0 bridgehead atoms. The minimum Gasteiger partial charge on any atom is -0.370 e. The smallest absolute Gasteiger partial charge is 0.294 e. The molecule has 2 aromatic rings. The predicted octanol–water partition coefficient (Wildman–Crippen LogP) is 0.925. The van der Waals surface area contributed by atoms with Gasteiger partial charge in [0, 0.05) is 6.54 Å². The van der Waals surface area contributed by atoms with Gasteiger partial charge in [0.15, 0.2) is 0 Å². The van der Waals surface area contributed by atoms with Crippen molar-refractivity contribution in [3.05, 3.63) is 63.2 Å². The zero-order chi connectivity index (χ0) is 21.4. The molecule has 0 spiro atoms. The number of nitrogens with two attached hydrogens (primary N) is 1. The molecule has 0 saturated carbocycles. The zero-order valence-corrected chi connectivity index (χ0v) is 16.9. The summed E-state index contributed by atoms with van der Waals surface area (Å²) in [7, 11) is -8.10. The van der Waals surface area contributed by atoms with Gasteiger partial charge in [-0.15, -0.1) is 10.1 Å². The molecule has 1 heterocycles. The van der Waals surface area contributed by atoms with Gasteiger partial charge in [-0.05, 0) is 35.7 Å². The third kappa shape index (κ3) is 4.48. The molecule has 156 valence electrons.